The lowest BCUT2D eigenvalue weighted by Gasteiger charge is -2.16. The Balaban J connectivity index is 1.50. The monoisotopic (exact) mass is 463 g/mol. The molecule has 0 saturated carbocycles. The predicted molar refractivity (Wildman–Crippen MR) is 118 cm³/mol. The third-order valence-corrected chi connectivity index (χ3v) is 5.41. The largest absolute Gasteiger partial charge is 0.490 e. The Bertz CT molecular complexity index is 1070. The molecule has 0 atom stereocenters. The second-order valence-electron chi connectivity index (χ2n) is 6.73. The van der Waals surface area contributed by atoms with Crippen molar-refractivity contribution in [2.24, 2.45) is 0 Å². The molecule has 1 aliphatic heterocycles. The Kier molecular flexibility index (Phi) is 6.59. The summed E-state index contributed by atoms with van der Waals surface area (Å²) in [6, 6.07) is 13.6. The Morgan fingerprint density at radius 3 is 2.58 bits per heavy atom. The average molecular weight is 464 g/mol. The van der Waals surface area contributed by atoms with E-state index in [4.69, 9.17) is 42.1 Å². The zero-order valence-electron chi connectivity index (χ0n) is 16.7. The van der Waals surface area contributed by atoms with E-state index < -0.39 is 5.82 Å². The Labute approximate surface area is 189 Å². The zero-order chi connectivity index (χ0) is 21.8. The summed E-state index contributed by atoms with van der Waals surface area (Å²) in [6.45, 7) is 2.95. The van der Waals surface area contributed by atoms with Crippen LogP contribution in [0.4, 0.5) is 10.1 Å². The molecule has 0 saturated heterocycles. The van der Waals surface area contributed by atoms with Crippen molar-refractivity contribution in [3.8, 4) is 23.0 Å². The number of halogens is 3. The van der Waals surface area contributed by atoms with Gasteiger partial charge in [0.05, 0.1) is 11.6 Å². The first-order valence-corrected chi connectivity index (χ1v) is 10.4. The van der Waals surface area contributed by atoms with Gasteiger partial charge in [0.2, 0.25) is 6.79 Å². The van der Waals surface area contributed by atoms with Gasteiger partial charge in [0.25, 0.3) is 0 Å². The second kappa shape index (κ2) is 9.54. The van der Waals surface area contributed by atoms with Crippen molar-refractivity contribution >= 4 is 28.9 Å². The second-order valence-corrected chi connectivity index (χ2v) is 7.55. The van der Waals surface area contributed by atoms with Crippen LogP contribution in [0.2, 0.25) is 10.0 Å². The van der Waals surface area contributed by atoms with Gasteiger partial charge in [0.15, 0.2) is 23.0 Å². The number of hydrogen-bond donors (Lipinski definition) is 1. The molecule has 0 bridgehead atoms. The average Bonchev–Trinajstić information content (AvgIpc) is 3.22. The molecule has 0 unspecified atom stereocenters. The lowest BCUT2D eigenvalue weighted by molar-refractivity contribution is 0.174. The van der Waals surface area contributed by atoms with Crippen molar-refractivity contribution in [1.82, 2.24) is 0 Å². The predicted octanol–water partition coefficient (Wildman–Crippen LogP) is 6.45. The maximum atomic E-state index is 14.0. The first kappa shape index (κ1) is 21.4. The smallest absolute Gasteiger partial charge is 0.231 e. The van der Waals surface area contributed by atoms with E-state index in [1.54, 1.807) is 18.2 Å². The number of rotatable bonds is 8. The number of benzene rings is 3. The van der Waals surface area contributed by atoms with E-state index in [0.29, 0.717) is 40.4 Å². The Hall–Kier alpha value is -2.83. The quantitative estimate of drug-likeness (QED) is 0.415. The van der Waals surface area contributed by atoms with Gasteiger partial charge < -0.3 is 24.3 Å². The fourth-order valence-corrected chi connectivity index (χ4v) is 3.56. The van der Waals surface area contributed by atoms with Crippen LogP contribution in [0.5, 0.6) is 23.0 Å². The van der Waals surface area contributed by atoms with E-state index >= 15 is 0 Å². The minimum Gasteiger partial charge on any atom is -0.490 e. The fraction of sp³-hybridized carbons (Fsp3) is 0.217. The molecule has 1 aliphatic rings. The molecular weight excluding hydrogens is 444 g/mol. The Morgan fingerprint density at radius 1 is 0.968 bits per heavy atom. The highest BCUT2D eigenvalue weighted by Gasteiger charge is 2.16. The number of hydrogen-bond acceptors (Lipinski definition) is 5. The highest BCUT2D eigenvalue weighted by Crippen LogP contribution is 2.37. The van der Waals surface area contributed by atoms with Crippen molar-refractivity contribution < 1.29 is 23.3 Å². The maximum absolute atomic E-state index is 14.0. The first-order valence-electron chi connectivity index (χ1n) is 9.69. The molecule has 0 radical (unpaired) electrons. The van der Waals surface area contributed by atoms with Crippen LogP contribution in [-0.4, -0.2) is 13.4 Å². The fourth-order valence-electron chi connectivity index (χ4n) is 3.12. The molecule has 4 rings (SSSR count). The van der Waals surface area contributed by atoms with Crippen molar-refractivity contribution in [3.63, 3.8) is 0 Å². The molecular formula is C23H20Cl2FNO4. The lowest BCUT2D eigenvalue weighted by Crippen LogP contribution is -2.05. The Morgan fingerprint density at radius 2 is 1.77 bits per heavy atom. The molecule has 0 aliphatic carbocycles. The number of nitrogens with one attached hydrogen (secondary N) is 1. The summed E-state index contributed by atoms with van der Waals surface area (Å²) in [4.78, 5) is 0. The van der Waals surface area contributed by atoms with E-state index in [1.165, 1.54) is 6.07 Å². The molecule has 0 amide bonds. The highest BCUT2D eigenvalue weighted by molar-refractivity contribution is 6.31. The summed E-state index contributed by atoms with van der Waals surface area (Å²) in [5.74, 6) is 1.92. The van der Waals surface area contributed by atoms with Crippen molar-refractivity contribution in [2.45, 2.75) is 20.1 Å². The zero-order valence-corrected chi connectivity index (χ0v) is 18.2. The van der Waals surface area contributed by atoms with Crippen LogP contribution in [0.1, 0.15) is 18.1 Å². The molecule has 0 fully saturated rings. The van der Waals surface area contributed by atoms with Crippen LogP contribution in [0.3, 0.4) is 0 Å². The van der Waals surface area contributed by atoms with Crippen LogP contribution >= 0.6 is 23.2 Å². The van der Waals surface area contributed by atoms with Crippen LogP contribution in [0.15, 0.2) is 48.5 Å². The summed E-state index contributed by atoms with van der Waals surface area (Å²) in [5.41, 5.74) is 1.96. The first-order chi connectivity index (χ1) is 15.0. The van der Waals surface area contributed by atoms with Gasteiger partial charge >= 0.3 is 0 Å². The van der Waals surface area contributed by atoms with E-state index in [-0.39, 0.29) is 19.0 Å². The van der Waals surface area contributed by atoms with Crippen molar-refractivity contribution in [3.05, 3.63) is 75.5 Å². The normalized spacial score (nSPS) is 12.0. The molecule has 162 valence electrons. The SMILES string of the molecule is CCOc1cc(CNc2ccc3c(c2)OCO3)c(Cl)cc1OCc1c(F)cccc1Cl. The van der Waals surface area contributed by atoms with Gasteiger partial charge in [0, 0.05) is 35.0 Å². The summed E-state index contributed by atoms with van der Waals surface area (Å²) < 4.78 is 36.3. The molecule has 8 heteroatoms. The van der Waals surface area contributed by atoms with Gasteiger partial charge in [-0.15, -0.1) is 0 Å². The molecule has 3 aromatic rings. The third kappa shape index (κ3) is 4.92. The minimum absolute atomic E-state index is 0.0449. The number of ether oxygens (including phenoxy) is 4. The van der Waals surface area contributed by atoms with E-state index in [0.717, 1.165) is 17.0 Å². The molecule has 3 aromatic carbocycles. The van der Waals surface area contributed by atoms with Gasteiger partial charge in [0.1, 0.15) is 12.4 Å². The van der Waals surface area contributed by atoms with Gasteiger partial charge in [-0.05, 0) is 42.8 Å². The molecule has 0 aromatic heterocycles. The van der Waals surface area contributed by atoms with Crippen molar-refractivity contribution in [1.29, 1.82) is 0 Å². The maximum Gasteiger partial charge on any atom is 0.231 e. The van der Waals surface area contributed by atoms with E-state index in [9.17, 15) is 4.39 Å². The van der Waals surface area contributed by atoms with Crippen LogP contribution in [0.25, 0.3) is 0 Å². The molecule has 0 spiro atoms. The molecule has 5 nitrogen and oxygen atoms in total. The summed E-state index contributed by atoms with van der Waals surface area (Å²) in [5, 5.41) is 4.10. The molecule has 1 N–H and O–H groups in total. The topological polar surface area (TPSA) is 49.0 Å². The molecule has 1 heterocycles. The minimum atomic E-state index is -0.430. The van der Waals surface area contributed by atoms with Gasteiger partial charge in [-0.25, -0.2) is 4.39 Å². The van der Waals surface area contributed by atoms with Gasteiger partial charge in [-0.3, -0.25) is 0 Å². The van der Waals surface area contributed by atoms with E-state index in [2.05, 4.69) is 5.32 Å². The highest BCUT2D eigenvalue weighted by atomic mass is 35.5. The van der Waals surface area contributed by atoms with E-state index in [1.807, 2.05) is 31.2 Å². The van der Waals surface area contributed by atoms with Crippen LogP contribution in [-0.2, 0) is 13.2 Å². The van der Waals surface area contributed by atoms with Gasteiger partial charge in [-0.2, -0.15) is 0 Å². The summed E-state index contributed by atoms with van der Waals surface area (Å²) >= 11 is 12.6. The van der Waals surface area contributed by atoms with Gasteiger partial charge in [-0.1, -0.05) is 29.3 Å². The number of anilines is 1. The van der Waals surface area contributed by atoms with Crippen LogP contribution in [0, 0.1) is 5.82 Å². The third-order valence-electron chi connectivity index (χ3n) is 4.70. The summed E-state index contributed by atoms with van der Waals surface area (Å²) in [6.07, 6.45) is 0. The van der Waals surface area contributed by atoms with Crippen LogP contribution < -0.4 is 24.3 Å². The lowest BCUT2D eigenvalue weighted by atomic mass is 10.1. The standard InChI is InChI=1S/C23H20Cl2FNO4/c1-2-28-21-8-14(11-27-15-6-7-20-22(9-15)31-13-30-20)18(25)10-23(21)29-12-16-17(24)4-3-5-19(16)26/h3-10,27H,2,11-13H2,1H3. The van der Waals surface area contributed by atoms with Crippen molar-refractivity contribution in [2.75, 3.05) is 18.7 Å². The molecule has 31 heavy (non-hydrogen) atoms. The number of fused-ring (bicyclic) bond motifs is 1. The summed E-state index contributed by atoms with van der Waals surface area (Å²) in [7, 11) is 0.